The molecule has 0 bridgehead atoms. The van der Waals surface area contributed by atoms with Crippen LogP contribution in [0, 0.1) is 6.92 Å². The summed E-state index contributed by atoms with van der Waals surface area (Å²) >= 11 is 0. The van der Waals surface area contributed by atoms with Crippen molar-refractivity contribution in [1.29, 1.82) is 0 Å². The molecule has 1 aromatic rings. The van der Waals surface area contributed by atoms with Crippen molar-refractivity contribution in [2.75, 3.05) is 13.2 Å². The summed E-state index contributed by atoms with van der Waals surface area (Å²) in [5.41, 5.74) is 9.54. The number of ether oxygens (including phenoxy) is 1. The minimum absolute atomic E-state index is 0.112. The zero-order chi connectivity index (χ0) is 13.1. The quantitative estimate of drug-likeness (QED) is 0.868. The van der Waals surface area contributed by atoms with E-state index in [0.717, 1.165) is 0 Å². The summed E-state index contributed by atoms with van der Waals surface area (Å²) in [6.45, 7) is 12.1. The van der Waals surface area contributed by atoms with Crippen LogP contribution in [0.3, 0.4) is 0 Å². The average molecular weight is 235 g/mol. The van der Waals surface area contributed by atoms with Crippen LogP contribution >= 0.6 is 0 Å². The molecule has 0 amide bonds. The van der Waals surface area contributed by atoms with E-state index in [-0.39, 0.29) is 11.5 Å². The number of aryl methyl sites for hydroxylation is 1. The topological polar surface area (TPSA) is 35.2 Å². The zero-order valence-corrected chi connectivity index (χ0v) is 11.7. The second kappa shape index (κ2) is 5.65. The zero-order valence-electron chi connectivity index (χ0n) is 11.7. The summed E-state index contributed by atoms with van der Waals surface area (Å²) in [7, 11) is 0. The van der Waals surface area contributed by atoms with Crippen LogP contribution in [-0.2, 0) is 10.2 Å². The van der Waals surface area contributed by atoms with Crippen LogP contribution in [0.1, 0.15) is 50.5 Å². The van der Waals surface area contributed by atoms with E-state index in [4.69, 9.17) is 10.5 Å². The van der Waals surface area contributed by atoms with E-state index in [9.17, 15) is 0 Å². The van der Waals surface area contributed by atoms with Gasteiger partial charge in [0.2, 0.25) is 0 Å². The lowest BCUT2D eigenvalue weighted by atomic mass is 9.84. The number of nitrogens with two attached hydrogens (primary N) is 1. The summed E-state index contributed by atoms with van der Waals surface area (Å²) in [6, 6.07) is 6.64. The summed E-state index contributed by atoms with van der Waals surface area (Å²) in [6.07, 6.45) is 0.112. The Labute approximate surface area is 105 Å². The molecule has 1 unspecified atom stereocenters. The maximum atomic E-state index is 5.70. The predicted molar refractivity (Wildman–Crippen MR) is 73.3 cm³/mol. The number of hydrogen-bond acceptors (Lipinski definition) is 2. The summed E-state index contributed by atoms with van der Waals surface area (Å²) in [5, 5.41) is 0. The smallest absolute Gasteiger partial charge is 0.0800 e. The van der Waals surface area contributed by atoms with Gasteiger partial charge in [-0.3, -0.25) is 0 Å². The molecule has 1 atom stereocenters. The Kier molecular flexibility index (Phi) is 4.72. The molecule has 0 fully saturated rings. The lowest BCUT2D eigenvalue weighted by molar-refractivity contribution is 0.0713. The Balaban J connectivity index is 2.98. The molecular formula is C15H25NO. The first-order valence-electron chi connectivity index (χ1n) is 6.29. The molecule has 2 heteroatoms. The molecule has 1 rings (SSSR count). The van der Waals surface area contributed by atoms with Crippen molar-refractivity contribution in [3.05, 3.63) is 34.9 Å². The van der Waals surface area contributed by atoms with Crippen LogP contribution in [0.25, 0.3) is 0 Å². The highest BCUT2D eigenvalue weighted by Gasteiger charge is 2.17. The van der Waals surface area contributed by atoms with E-state index in [1.54, 1.807) is 0 Å². The maximum absolute atomic E-state index is 5.70. The van der Waals surface area contributed by atoms with Gasteiger partial charge in [0.25, 0.3) is 0 Å². The van der Waals surface area contributed by atoms with Gasteiger partial charge < -0.3 is 10.5 Å². The molecule has 0 aliphatic rings. The summed E-state index contributed by atoms with van der Waals surface area (Å²) in [5.74, 6) is 0. The lowest BCUT2D eigenvalue weighted by Crippen LogP contribution is -2.14. The van der Waals surface area contributed by atoms with Crippen LogP contribution in [0.4, 0.5) is 0 Å². The number of benzene rings is 1. The van der Waals surface area contributed by atoms with Crippen molar-refractivity contribution in [3.63, 3.8) is 0 Å². The SMILES string of the molecule is Cc1ccc(C(C)(C)C)cc1C(C)OCCN. The first-order valence-corrected chi connectivity index (χ1v) is 6.29. The van der Waals surface area contributed by atoms with Gasteiger partial charge in [0.1, 0.15) is 0 Å². The van der Waals surface area contributed by atoms with Crippen LogP contribution in [0.5, 0.6) is 0 Å². The largest absolute Gasteiger partial charge is 0.372 e. The van der Waals surface area contributed by atoms with Crippen molar-refractivity contribution in [1.82, 2.24) is 0 Å². The fourth-order valence-electron chi connectivity index (χ4n) is 1.88. The normalized spacial score (nSPS) is 13.8. The minimum atomic E-state index is 0.112. The molecule has 0 radical (unpaired) electrons. The van der Waals surface area contributed by atoms with E-state index >= 15 is 0 Å². The van der Waals surface area contributed by atoms with E-state index in [0.29, 0.717) is 13.2 Å². The Morgan fingerprint density at radius 3 is 2.47 bits per heavy atom. The molecule has 2 nitrogen and oxygen atoms in total. The highest BCUT2D eigenvalue weighted by atomic mass is 16.5. The average Bonchev–Trinajstić information content (AvgIpc) is 2.24. The third kappa shape index (κ3) is 3.83. The minimum Gasteiger partial charge on any atom is -0.372 e. The molecule has 0 saturated heterocycles. The van der Waals surface area contributed by atoms with Crippen molar-refractivity contribution in [2.45, 2.75) is 46.1 Å². The molecule has 0 spiro atoms. The monoisotopic (exact) mass is 235 g/mol. The second-order valence-electron chi connectivity index (χ2n) is 5.62. The maximum Gasteiger partial charge on any atom is 0.0800 e. The Bertz CT molecular complexity index is 366. The molecule has 0 aromatic heterocycles. The molecule has 0 saturated carbocycles. The standard InChI is InChI=1S/C15H25NO/c1-11-6-7-13(15(3,4)5)10-14(11)12(2)17-9-8-16/h6-7,10,12H,8-9,16H2,1-5H3. The second-order valence-corrected chi connectivity index (χ2v) is 5.62. The van der Waals surface area contributed by atoms with Crippen molar-refractivity contribution < 1.29 is 4.74 Å². The van der Waals surface area contributed by atoms with E-state index < -0.39 is 0 Å². The first-order chi connectivity index (χ1) is 7.86. The van der Waals surface area contributed by atoms with Gasteiger partial charge in [-0.1, -0.05) is 39.0 Å². The molecule has 0 aliphatic heterocycles. The third-order valence-electron chi connectivity index (χ3n) is 3.07. The fraction of sp³-hybridized carbons (Fsp3) is 0.600. The van der Waals surface area contributed by atoms with Gasteiger partial charge in [-0.15, -0.1) is 0 Å². The van der Waals surface area contributed by atoms with E-state index in [1.165, 1.54) is 16.7 Å². The van der Waals surface area contributed by atoms with Crippen LogP contribution < -0.4 is 5.73 Å². The predicted octanol–water partition coefficient (Wildman–Crippen LogP) is 3.33. The highest BCUT2D eigenvalue weighted by molar-refractivity contribution is 5.35. The van der Waals surface area contributed by atoms with Crippen LogP contribution in [0.15, 0.2) is 18.2 Å². The van der Waals surface area contributed by atoms with Gasteiger partial charge in [0, 0.05) is 6.54 Å². The van der Waals surface area contributed by atoms with Gasteiger partial charge >= 0.3 is 0 Å². The fourth-order valence-corrected chi connectivity index (χ4v) is 1.88. The highest BCUT2D eigenvalue weighted by Crippen LogP contribution is 2.28. The third-order valence-corrected chi connectivity index (χ3v) is 3.07. The molecule has 0 aliphatic carbocycles. The molecule has 2 N–H and O–H groups in total. The van der Waals surface area contributed by atoms with Crippen LogP contribution in [0.2, 0.25) is 0 Å². The number of hydrogen-bond donors (Lipinski definition) is 1. The van der Waals surface area contributed by atoms with Gasteiger partial charge in [-0.25, -0.2) is 0 Å². The molecule has 96 valence electrons. The Hall–Kier alpha value is -0.860. The summed E-state index contributed by atoms with van der Waals surface area (Å²) < 4.78 is 5.70. The number of rotatable bonds is 4. The van der Waals surface area contributed by atoms with Gasteiger partial charge in [0.05, 0.1) is 12.7 Å². The van der Waals surface area contributed by atoms with Crippen molar-refractivity contribution in [3.8, 4) is 0 Å². The molecule has 0 heterocycles. The lowest BCUT2D eigenvalue weighted by Gasteiger charge is -2.23. The van der Waals surface area contributed by atoms with Gasteiger partial charge in [-0.2, -0.15) is 0 Å². The molecule has 17 heavy (non-hydrogen) atoms. The van der Waals surface area contributed by atoms with Gasteiger partial charge in [0.15, 0.2) is 0 Å². The Morgan fingerprint density at radius 1 is 1.29 bits per heavy atom. The van der Waals surface area contributed by atoms with Gasteiger partial charge in [-0.05, 0) is 36.0 Å². The van der Waals surface area contributed by atoms with Crippen molar-refractivity contribution in [2.24, 2.45) is 5.73 Å². The first kappa shape index (κ1) is 14.2. The molecular weight excluding hydrogens is 210 g/mol. The van der Waals surface area contributed by atoms with Crippen molar-refractivity contribution >= 4 is 0 Å². The molecule has 1 aromatic carbocycles. The van der Waals surface area contributed by atoms with Crippen LogP contribution in [-0.4, -0.2) is 13.2 Å². The summed E-state index contributed by atoms with van der Waals surface area (Å²) in [4.78, 5) is 0. The Morgan fingerprint density at radius 2 is 1.94 bits per heavy atom. The van der Waals surface area contributed by atoms with E-state index in [2.05, 4.69) is 52.8 Å². The van der Waals surface area contributed by atoms with E-state index in [1.807, 2.05) is 0 Å².